The second-order valence-corrected chi connectivity index (χ2v) is 5.33. The predicted octanol–water partition coefficient (Wildman–Crippen LogP) is 2.08. The van der Waals surface area contributed by atoms with Crippen molar-refractivity contribution in [2.45, 2.75) is 6.54 Å². The van der Waals surface area contributed by atoms with Crippen molar-refractivity contribution in [3.05, 3.63) is 56.9 Å². The molecule has 3 rings (SSSR count). The van der Waals surface area contributed by atoms with Crippen molar-refractivity contribution in [3.63, 3.8) is 0 Å². The number of benzene rings is 1. The number of rotatable bonds is 2. The number of fused-ring (bicyclic) bond motifs is 1. The molecule has 2 aromatic heterocycles. The summed E-state index contributed by atoms with van der Waals surface area (Å²) in [5, 5.41) is 4.42. The Morgan fingerprint density at radius 2 is 2.20 bits per heavy atom. The van der Waals surface area contributed by atoms with Crippen LogP contribution in [-0.2, 0) is 13.6 Å². The van der Waals surface area contributed by atoms with E-state index in [9.17, 15) is 9.18 Å². The summed E-state index contributed by atoms with van der Waals surface area (Å²) in [7, 11) is 1.72. The van der Waals surface area contributed by atoms with Gasteiger partial charge in [-0.05, 0) is 12.1 Å². The Kier molecular flexibility index (Phi) is 3.13. The maximum Gasteiger partial charge on any atom is 0.264 e. The summed E-state index contributed by atoms with van der Waals surface area (Å²) < 4.78 is 17.4. The normalized spacial score (nSPS) is 11.2. The van der Waals surface area contributed by atoms with Gasteiger partial charge in [0.15, 0.2) is 5.65 Å². The van der Waals surface area contributed by atoms with E-state index in [0.29, 0.717) is 21.1 Å². The highest BCUT2D eigenvalue weighted by molar-refractivity contribution is 9.10. The fourth-order valence-corrected chi connectivity index (χ4v) is 2.35. The Balaban J connectivity index is 2.07. The van der Waals surface area contributed by atoms with E-state index in [-0.39, 0.29) is 17.9 Å². The molecular weight excluding hydrogens is 327 g/mol. The zero-order valence-corrected chi connectivity index (χ0v) is 12.1. The molecule has 20 heavy (non-hydrogen) atoms. The minimum atomic E-state index is -0.363. The first-order valence-electron chi connectivity index (χ1n) is 5.87. The summed E-state index contributed by atoms with van der Waals surface area (Å²) in [4.78, 5) is 16.4. The molecule has 0 aliphatic heterocycles. The Labute approximate surface area is 121 Å². The van der Waals surface area contributed by atoms with E-state index >= 15 is 0 Å². The lowest BCUT2D eigenvalue weighted by Crippen LogP contribution is -2.21. The fraction of sp³-hybridized carbons (Fsp3) is 0.154. The van der Waals surface area contributed by atoms with Crippen LogP contribution in [0.4, 0.5) is 4.39 Å². The van der Waals surface area contributed by atoms with E-state index < -0.39 is 0 Å². The molecule has 1 aromatic carbocycles. The number of hydrogen-bond donors (Lipinski definition) is 0. The van der Waals surface area contributed by atoms with Crippen LogP contribution in [0, 0.1) is 5.82 Å². The first-order chi connectivity index (χ1) is 9.56. The summed E-state index contributed by atoms with van der Waals surface area (Å²) in [6.07, 6.45) is 2.88. The zero-order chi connectivity index (χ0) is 14.3. The van der Waals surface area contributed by atoms with E-state index in [0.717, 1.165) is 0 Å². The quantitative estimate of drug-likeness (QED) is 0.720. The molecule has 0 saturated carbocycles. The van der Waals surface area contributed by atoms with Crippen LogP contribution in [0.5, 0.6) is 0 Å². The standard InChI is InChI=1S/C13H10BrFN4O/c1-18-12-10(5-17-18)13(20)19(7-16-12)6-8-2-3-9(14)4-11(8)15/h2-5,7H,6H2,1H3. The van der Waals surface area contributed by atoms with E-state index in [2.05, 4.69) is 26.0 Å². The maximum atomic E-state index is 13.8. The van der Waals surface area contributed by atoms with Crippen LogP contribution >= 0.6 is 15.9 Å². The van der Waals surface area contributed by atoms with Gasteiger partial charge in [0, 0.05) is 17.1 Å². The van der Waals surface area contributed by atoms with E-state index in [1.165, 1.54) is 27.8 Å². The predicted molar refractivity (Wildman–Crippen MR) is 76.0 cm³/mol. The summed E-state index contributed by atoms with van der Waals surface area (Å²) in [6, 6.07) is 4.75. The van der Waals surface area contributed by atoms with Crippen LogP contribution in [0.15, 0.2) is 40.0 Å². The van der Waals surface area contributed by atoms with Gasteiger partial charge in [-0.3, -0.25) is 14.0 Å². The summed E-state index contributed by atoms with van der Waals surface area (Å²) in [5.41, 5.74) is 0.716. The molecule has 0 aliphatic carbocycles. The number of aryl methyl sites for hydroxylation is 1. The van der Waals surface area contributed by atoms with Crippen molar-refractivity contribution in [3.8, 4) is 0 Å². The smallest absolute Gasteiger partial charge is 0.264 e. The third-order valence-corrected chi connectivity index (χ3v) is 3.57. The van der Waals surface area contributed by atoms with Gasteiger partial charge in [-0.2, -0.15) is 5.10 Å². The average Bonchev–Trinajstić information content (AvgIpc) is 2.78. The van der Waals surface area contributed by atoms with Gasteiger partial charge >= 0.3 is 0 Å². The molecule has 2 heterocycles. The monoisotopic (exact) mass is 336 g/mol. The molecule has 0 saturated heterocycles. The van der Waals surface area contributed by atoms with Gasteiger partial charge in [0.1, 0.15) is 17.5 Å². The molecule has 3 aromatic rings. The molecule has 0 N–H and O–H groups in total. The molecule has 102 valence electrons. The molecule has 0 unspecified atom stereocenters. The van der Waals surface area contributed by atoms with Crippen LogP contribution in [0.1, 0.15) is 5.56 Å². The largest absolute Gasteiger partial charge is 0.294 e. The number of nitrogens with zero attached hydrogens (tertiary/aromatic N) is 4. The fourth-order valence-electron chi connectivity index (χ4n) is 2.01. The molecular formula is C13H10BrFN4O. The summed E-state index contributed by atoms with van der Waals surface area (Å²) in [6.45, 7) is 0.135. The van der Waals surface area contributed by atoms with Gasteiger partial charge in [-0.15, -0.1) is 0 Å². The van der Waals surface area contributed by atoms with Gasteiger partial charge in [-0.1, -0.05) is 22.0 Å². The maximum absolute atomic E-state index is 13.8. The molecule has 0 atom stereocenters. The Hall–Kier alpha value is -2.02. The van der Waals surface area contributed by atoms with Gasteiger partial charge < -0.3 is 0 Å². The van der Waals surface area contributed by atoms with Crippen LogP contribution in [-0.4, -0.2) is 19.3 Å². The molecule has 0 amide bonds. The second kappa shape index (κ2) is 4.82. The van der Waals surface area contributed by atoms with Gasteiger partial charge in [0.25, 0.3) is 5.56 Å². The molecule has 0 fully saturated rings. The van der Waals surface area contributed by atoms with Crippen LogP contribution in [0.2, 0.25) is 0 Å². The lowest BCUT2D eigenvalue weighted by atomic mass is 10.2. The van der Waals surface area contributed by atoms with E-state index in [1.54, 1.807) is 19.2 Å². The van der Waals surface area contributed by atoms with Crippen molar-refractivity contribution in [1.29, 1.82) is 0 Å². The average molecular weight is 337 g/mol. The molecule has 0 aliphatic rings. The van der Waals surface area contributed by atoms with Gasteiger partial charge in [0.2, 0.25) is 0 Å². The highest BCUT2D eigenvalue weighted by Crippen LogP contribution is 2.16. The summed E-state index contributed by atoms with van der Waals surface area (Å²) >= 11 is 3.20. The Bertz CT molecular complexity index is 855. The Morgan fingerprint density at radius 3 is 2.95 bits per heavy atom. The third kappa shape index (κ3) is 2.14. The molecule has 0 spiro atoms. The first-order valence-corrected chi connectivity index (χ1v) is 6.66. The van der Waals surface area contributed by atoms with Crippen molar-refractivity contribution in [2.75, 3.05) is 0 Å². The van der Waals surface area contributed by atoms with Crippen molar-refractivity contribution < 1.29 is 4.39 Å². The van der Waals surface area contributed by atoms with E-state index in [1.807, 2.05) is 0 Å². The minimum absolute atomic E-state index is 0.135. The van der Waals surface area contributed by atoms with Crippen molar-refractivity contribution in [1.82, 2.24) is 19.3 Å². The molecule has 0 bridgehead atoms. The minimum Gasteiger partial charge on any atom is -0.294 e. The topological polar surface area (TPSA) is 52.7 Å². The van der Waals surface area contributed by atoms with Gasteiger partial charge in [-0.25, -0.2) is 9.37 Å². The Morgan fingerprint density at radius 1 is 1.40 bits per heavy atom. The molecule has 7 heteroatoms. The highest BCUT2D eigenvalue weighted by atomic mass is 79.9. The van der Waals surface area contributed by atoms with Crippen LogP contribution in [0.3, 0.4) is 0 Å². The lowest BCUT2D eigenvalue weighted by Gasteiger charge is -2.07. The molecule has 0 radical (unpaired) electrons. The van der Waals surface area contributed by atoms with Gasteiger partial charge in [0.05, 0.1) is 12.7 Å². The van der Waals surface area contributed by atoms with Crippen LogP contribution in [0.25, 0.3) is 11.0 Å². The van der Waals surface area contributed by atoms with Crippen molar-refractivity contribution in [2.24, 2.45) is 7.05 Å². The number of aromatic nitrogens is 4. The van der Waals surface area contributed by atoms with Crippen molar-refractivity contribution >= 4 is 27.0 Å². The summed E-state index contributed by atoms with van der Waals surface area (Å²) in [5.74, 6) is -0.363. The zero-order valence-electron chi connectivity index (χ0n) is 10.5. The van der Waals surface area contributed by atoms with E-state index in [4.69, 9.17) is 0 Å². The SMILES string of the molecule is Cn1ncc2c(=O)n(Cc3ccc(Br)cc3F)cnc21. The third-order valence-electron chi connectivity index (χ3n) is 3.07. The molecule has 5 nitrogen and oxygen atoms in total. The van der Waals surface area contributed by atoms with Crippen LogP contribution < -0.4 is 5.56 Å². The number of halogens is 2. The number of hydrogen-bond acceptors (Lipinski definition) is 3. The first kappa shape index (κ1) is 13.0. The second-order valence-electron chi connectivity index (χ2n) is 4.42. The highest BCUT2D eigenvalue weighted by Gasteiger charge is 2.10. The lowest BCUT2D eigenvalue weighted by molar-refractivity contribution is 0.594.